The van der Waals surface area contributed by atoms with E-state index in [4.69, 9.17) is 0 Å². The predicted molar refractivity (Wildman–Crippen MR) is 20.7 cm³/mol. The van der Waals surface area contributed by atoms with Gasteiger partial charge in [0.25, 0.3) is 0 Å². The Kier molecular flexibility index (Phi) is 29.1. The summed E-state index contributed by atoms with van der Waals surface area (Å²) in [5, 5.41) is 0. The zero-order chi connectivity index (χ0) is 7.86. The molecule has 0 amide bonds. The molecule has 0 atom stereocenters. The first-order valence-corrected chi connectivity index (χ1v) is 17.2. The van der Waals surface area contributed by atoms with Gasteiger partial charge in [-0.25, -0.2) is 0 Å². The fraction of sp³-hybridized carbons (Fsp3) is 0.250. The van der Waals surface area contributed by atoms with E-state index in [1.165, 1.54) is 27.1 Å². The zero-order valence-electron chi connectivity index (χ0n) is 4.99. The van der Waals surface area contributed by atoms with Gasteiger partial charge in [-0.1, -0.05) is 0 Å². The minimum atomic E-state index is 0. The van der Waals surface area contributed by atoms with E-state index in [2.05, 4.69) is 11.3 Å². The first kappa shape index (κ1) is 19.2. The molecule has 6 heteroatoms. The van der Waals surface area contributed by atoms with Crippen LogP contribution >= 0.6 is 0 Å². The quantitative estimate of drug-likeness (QED) is 0.333. The molecule has 0 saturated carbocycles. The van der Waals surface area contributed by atoms with Crippen molar-refractivity contribution in [2.75, 3.05) is 0 Å². The molecule has 0 saturated heterocycles. The van der Waals surface area contributed by atoms with Gasteiger partial charge in [-0.2, -0.15) is 0 Å². The summed E-state index contributed by atoms with van der Waals surface area (Å²) < 4.78 is 6.10. The maximum absolute atomic E-state index is 3.19. The topological polar surface area (TPSA) is 0 Å². The van der Waals surface area contributed by atoms with Crippen molar-refractivity contribution >= 4 is 12.2 Å². The molecule has 0 unspecified atom stereocenters. The van der Waals surface area contributed by atoms with Crippen LogP contribution in [0.25, 0.3) is 0 Å². The second-order valence-corrected chi connectivity index (χ2v) is 5.39. The third-order valence-electron chi connectivity index (χ3n) is 0.412. The van der Waals surface area contributed by atoms with Crippen LogP contribution in [-0.4, -0.2) is 12.2 Å². The SMILES string of the molecule is C[C](=[W])[C](=[W])[C-]=[W].[V].[W]=[W]. The summed E-state index contributed by atoms with van der Waals surface area (Å²) in [5.41, 5.74) is 0. The summed E-state index contributed by atoms with van der Waals surface area (Å²) in [4.78, 5) is 0. The Hall–Kier alpha value is 3.64. The standard InChI is InChI=1S/C4H3.V.5W/c1-3-4-2;;;;;;/h1H3;;;;;;/q-1;;;;;;. The molecular weight excluding hydrogens is 1020 g/mol. The minimum absolute atomic E-state index is 0. The number of hydrogen-bond donors (Lipinski definition) is 0. The number of hydrogen-bond acceptors (Lipinski definition) is 0. The summed E-state index contributed by atoms with van der Waals surface area (Å²) in [6.07, 6.45) is 0. The summed E-state index contributed by atoms with van der Waals surface area (Å²) in [6, 6.07) is 0. The normalized spacial score (nSPS) is 5.70. The summed E-state index contributed by atoms with van der Waals surface area (Å²) in [7, 11) is 0. The molecule has 55 valence electrons. The average Bonchev–Trinajstić information content (AvgIpc) is 1.91. The van der Waals surface area contributed by atoms with Crippen molar-refractivity contribution in [2.24, 2.45) is 0 Å². The molecule has 0 aromatic carbocycles. The third-order valence-corrected chi connectivity index (χ3v) is 7.38. The van der Waals surface area contributed by atoms with Gasteiger partial charge in [-0.15, -0.1) is 0 Å². The molecule has 0 nitrogen and oxygen atoms in total. The molecule has 0 aliphatic carbocycles. The Morgan fingerprint density at radius 3 is 1.50 bits per heavy atom. The fourth-order valence-corrected chi connectivity index (χ4v) is 1.81. The van der Waals surface area contributed by atoms with Gasteiger partial charge in [-0.3, -0.25) is 0 Å². The summed E-state index contributed by atoms with van der Waals surface area (Å²) in [6.45, 7) is 2.16. The van der Waals surface area contributed by atoms with Crippen LogP contribution in [0.5, 0.6) is 0 Å². The van der Waals surface area contributed by atoms with Crippen molar-refractivity contribution in [3.63, 3.8) is 0 Å². The van der Waals surface area contributed by atoms with Gasteiger partial charge < -0.3 is 0 Å². The van der Waals surface area contributed by atoms with E-state index in [1.807, 2.05) is 0 Å². The van der Waals surface area contributed by atoms with Crippen LogP contribution in [0.2, 0.25) is 0 Å². The van der Waals surface area contributed by atoms with Crippen molar-refractivity contribution in [1.82, 2.24) is 0 Å². The van der Waals surface area contributed by atoms with E-state index in [0.29, 0.717) is 0 Å². The molecular formula is C4H3VW5-. The molecule has 0 aromatic heterocycles. The van der Waals surface area contributed by atoms with Crippen molar-refractivity contribution in [3.05, 3.63) is 0 Å². The molecule has 1 radical (unpaired) electrons. The monoisotopic (exact) mass is 1020 g/mol. The molecule has 0 aromatic rings. The summed E-state index contributed by atoms with van der Waals surface area (Å²) >= 11 is 7.91. The van der Waals surface area contributed by atoms with Crippen LogP contribution in [-0.2, 0) is 109 Å². The van der Waals surface area contributed by atoms with Gasteiger partial charge in [0.2, 0.25) is 0 Å². The molecule has 0 heterocycles. The van der Waals surface area contributed by atoms with Crippen LogP contribution in [0.15, 0.2) is 0 Å². The molecule has 0 fully saturated rings. The molecule has 0 rings (SSSR count). The van der Waals surface area contributed by atoms with Gasteiger partial charge in [0.1, 0.15) is 0 Å². The van der Waals surface area contributed by atoms with Crippen molar-refractivity contribution in [2.45, 2.75) is 6.92 Å². The zero-order valence-corrected chi connectivity index (χ0v) is 21.1. The van der Waals surface area contributed by atoms with E-state index < -0.39 is 0 Å². The van der Waals surface area contributed by atoms with E-state index in [1.54, 1.807) is 71.2 Å². The van der Waals surface area contributed by atoms with E-state index >= 15 is 0 Å². The van der Waals surface area contributed by atoms with Crippen molar-refractivity contribution < 1.29 is 109 Å². The average molecular weight is 1020 g/mol. The van der Waals surface area contributed by atoms with Gasteiger partial charge in [0, 0.05) is 18.6 Å². The molecule has 0 spiro atoms. The third kappa shape index (κ3) is 14.2. The maximum atomic E-state index is 3.19. The first-order chi connectivity index (χ1) is 4.18. The predicted octanol–water partition coefficient (Wildman–Crippen LogP) is -0.337. The second-order valence-electron chi connectivity index (χ2n) is 0.987. The second kappa shape index (κ2) is 15.1. The van der Waals surface area contributed by atoms with E-state index in [9.17, 15) is 0 Å². The fourth-order valence-electron chi connectivity index (χ4n) is 0.0719. The van der Waals surface area contributed by atoms with Crippen LogP contribution in [0, 0.1) is 0 Å². The Balaban J connectivity index is -0.000000149. The van der Waals surface area contributed by atoms with Crippen LogP contribution < -0.4 is 0 Å². The Bertz CT molecular complexity index is 132. The molecule has 0 aliphatic heterocycles. The Morgan fingerprint density at radius 2 is 1.50 bits per heavy atom. The van der Waals surface area contributed by atoms with Gasteiger partial charge in [-0.05, 0) is 0 Å². The Morgan fingerprint density at radius 1 is 1.20 bits per heavy atom. The Labute approximate surface area is 125 Å². The van der Waals surface area contributed by atoms with Crippen molar-refractivity contribution in [3.8, 4) is 0 Å². The van der Waals surface area contributed by atoms with E-state index in [-0.39, 0.29) is 18.6 Å². The van der Waals surface area contributed by atoms with Gasteiger partial charge >= 0.3 is 110 Å². The number of rotatable bonds is 2. The molecule has 0 N–H and O–H groups in total. The van der Waals surface area contributed by atoms with Crippen LogP contribution in [0.4, 0.5) is 0 Å². The van der Waals surface area contributed by atoms with Crippen LogP contribution in [0.3, 0.4) is 0 Å². The van der Waals surface area contributed by atoms with Crippen molar-refractivity contribution in [1.29, 1.82) is 0 Å². The van der Waals surface area contributed by atoms with E-state index in [0.717, 1.165) is 0 Å². The van der Waals surface area contributed by atoms with Gasteiger partial charge in [0.05, 0.1) is 0 Å². The summed E-state index contributed by atoms with van der Waals surface area (Å²) in [5.74, 6) is 0. The van der Waals surface area contributed by atoms with Gasteiger partial charge in [0.15, 0.2) is 0 Å². The molecule has 10 heavy (non-hydrogen) atoms. The molecule has 0 aliphatic rings. The first-order valence-electron chi connectivity index (χ1n) is 1.78. The molecule has 0 bridgehead atoms. The van der Waals surface area contributed by atoms with Crippen LogP contribution in [0.1, 0.15) is 6.92 Å².